The van der Waals surface area contributed by atoms with Crippen molar-refractivity contribution in [2.75, 3.05) is 5.32 Å². The maximum Gasteiger partial charge on any atom is 0.151 e. The Morgan fingerprint density at radius 3 is 2.77 bits per heavy atom. The van der Waals surface area contributed by atoms with E-state index >= 15 is 0 Å². The van der Waals surface area contributed by atoms with E-state index in [1.54, 1.807) is 18.6 Å². The molecule has 0 aliphatic carbocycles. The van der Waals surface area contributed by atoms with Crippen LogP contribution >= 0.6 is 0 Å². The highest BCUT2D eigenvalue weighted by atomic mass is 19.1. The molecule has 3 aromatic rings. The van der Waals surface area contributed by atoms with Crippen molar-refractivity contribution in [2.45, 2.75) is 13.5 Å². The monoisotopic (exact) mass is 297 g/mol. The van der Waals surface area contributed by atoms with Gasteiger partial charge in [-0.3, -0.25) is 0 Å². The molecule has 112 valence electrons. The third-order valence-electron chi connectivity index (χ3n) is 3.46. The summed E-state index contributed by atoms with van der Waals surface area (Å²) >= 11 is 0. The fourth-order valence-corrected chi connectivity index (χ4v) is 2.18. The molecule has 0 bridgehead atoms. The first-order chi connectivity index (χ1) is 10.6. The number of aryl methyl sites for hydroxylation is 2. The lowest BCUT2D eigenvalue weighted by Crippen LogP contribution is -2.07. The number of nitrogens with zero attached hydrogens (tertiary/aromatic N) is 4. The number of hydrogen-bond acceptors (Lipinski definition) is 4. The first-order valence-electron chi connectivity index (χ1n) is 6.93. The summed E-state index contributed by atoms with van der Waals surface area (Å²) in [5, 5.41) is 11.6. The minimum Gasteiger partial charge on any atom is -0.363 e. The van der Waals surface area contributed by atoms with Crippen molar-refractivity contribution in [3.05, 3.63) is 59.9 Å². The Morgan fingerprint density at radius 1 is 1.23 bits per heavy atom. The highest BCUT2D eigenvalue weighted by Crippen LogP contribution is 2.21. The number of rotatable bonds is 4. The van der Waals surface area contributed by atoms with E-state index in [4.69, 9.17) is 0 Å². The Labute approximate surface area is 127 Å². The van der Waals surface area contributed by atoms with Crippen LogP contribution in [0, 0.1) is 12.7 Å². The van der Waals surface area contributed by atoms with Crippen LogP contribution in [-0.2, 0) is 13.6 Å². The lowest BCUT2D eigenvalue weighted by molar-refractivity contribution is 0.628. The van der Waals surface area contributed by atoms with Gasteiger partial charge in [-0.2, -0.15) is 0 Å². The highest BCUT2D eigenvalue weighted by Gasteiger charge is 2.07. The molecule has 0 spiro atoms. The minimum atomic E-state index is -0.282. The van der Waals surface area contributed by atoms with Gasteiger partial charge in [-0.05, 0) is 30.7 Å². The van der Waals surface area contributed by atoms with Crippen molar-refractivity contribution in [3.63, 3.8) is 0 Å². The molecule has 3 rings (SSSR count). The van der Waals surface area contributed by atoms with Gasteiger partial charge in [0.05, 0.1) is 24.3 Å². The van der Waals surface area contributed by atoms with Gasteiger partial charge in [0.1, 0.15) is 5.82 Å². The van der Waals surface area contributed by atoms with Gasteiger partial charge in [-0.1, -0.05) is 12.1 Å². The Balaban J connectivity index is 1.79. The van der Waals surface area contributed by atoms with Gasteiger partial charge in [-0.25, -0.2) is 9.37 Å². The molecule has 2 heterocycles. The largest absolute Gasteiger partial charge is 0.363 e. The van der Waals surface area contributed by atoms with Gasteiger partial charge >= 0.3 is 0 Å². The molecule has 1 N–H and O–H groups in total. The van der Waals surface area contributed by atoms with Gasteiger partial charge in [0.25, 0.3) is 0 Å². The molecular formula is C16H16FN5. The molecule has 0 radical (unpaired) electrons. The van der Waals surface area contributed by atoms with Crippen molar-refractivity contribution < 1.29 is 4.39 Å². The number of hydrogen-bond donors (Lipinski definition) is 1. The SMILES string of the molecule is Cc1cc(-c2cccc(F)c2)nnc1NCc1cncn1C. The van der Waals surface area contributed by atoms with Gasteiger partial charge < -0.3 is 9.88 Å². The van der Waals surface area contributed by atoms with Crippen molar-refractivity contribution in [1.82, 2.24) is 19.7 Å². The van der Waals surface area contributed by atoms with E-state index in [1.807, 2.05) is 30.7 Å². The maximum absolute atomic E-state index is 13.3. The average molecular weight is 297 g/mol. The van der Waals surface area contributed by atoms with E-state index in [-0.39, 0.29) is 5.82 Å². The quantitative estimate of drug-likeness (QED) is 0.804. The van der Waals surface area contributed by atoms with Crippen molar-refractivity contribution in [2.24, 2.45) is 7.05 Å². The molecule has 0 unspecified atom stereocenters. The van der Waals surface area contributed by atoms with Gasteiger partial charge in [-0.15, -0.1) is 10.2 Å². The summed E-state index contributed by atoms with van der Waals surface area (Å²) in [6, 6.07) is 8.23. The van der Waals surface area contributed by atoms with E-state index < -0.39 is 0 Å². The summed E-state index contributed by atoms with van der Waals surface area (Å²) in [6.45, 7) is 2.56. The fraction of sp³-hybridized carbons (Fsp3) is 0.188. The van der Waals surface area contributed by atoms with Gasteiger partial charge in [0, 0.05) is 18.8 Å². The van der Waals surface area contributed by atoms with Crippen LogP contribution in [0.5, 0.6) is 0 Å². The molecule has 0 saturated carbocycles. The molecule has 6 heteroatoms. The number of aromatic nitrogens is 4. The third kappa shape index (κ3) is 2.95. The average Bonchev–Trinajstić information content (AvgIpc) is 2.91. The molecule has 0 aliphatic rings. The predicted octanol–water partition coefficient (Wildman–Crippen LogP) is 2.94. The van der Waals surface area contributed by atoms with Crippen LogP contribution in [0.25, 0.3) is 11.3 Å². The van der Waals surface area contributed by atoms with Crippen LogP contribution in [-0.4, -0.2) is 19.7 Å². The van der Waals surface area contributed by atoms with E-state index in [1.165, 1.54) is 12.1 Å². The third-order valence-corrected chi connectivity index (χ3v) is 3.46. The Kier molecular flexibility index (Phi) is 3.82. The summed E-state index contributed by atoms with van der Waals surface area (Å²) in [5.41, 5.74) is 3.38. The normalized spacial score (nSPS) is 10.7. The Hall–Kier alpha value is -2.76. The molecule has 0 saturated heterocycles. The Bertz CT molecular complexity index is 797. The molecule has 22 heavy (non-hydrogen) atoms. The summed E-state index contributed by atoms with van der Waals surface area (Å²) < 4.78 is 15.2. The van der Waals surface area contributed by atoms with Gasteiger partial charge in [0.2, 0.25) is 0 Å². The second-order valence-electron chi connectivity index (χ2n) is 5.12. The molecule has 0 amide bonds. The number of nitrogens with one attached hydrogen (secondary N) is 1. The zero-order valence-electron chi connectivity index (χ0n) is 12.4. The first kappa shape index (κ1) is 14.2. The molecule has 1 aromatic carbocycles. The second-order valence-corrected chi connectivity index (χ2v) is 5.12. The molecule has 0 aliphatic heterocycles. The van der Waals surface area contributed by atoms with E-state index in [9.17, 15) is 4.39 Å². The number of imidazole rings is 1. The molecule has 0 fully saturated rings. The van der Waals surface area contributed by atoms with Crippen molar-refractivity contribution >= 4 is 5.82 Å². The maximum atomic E-state index is 13.3. The second kappa shape index (κ2) is 5.93. The zero-order chi connectivity index (χ0) is 15.5. The van der Waals surface area contributed by atoms with Crippen LogP contribution in [0.15, 0.2) is 42.9 Å². The van der Waals surface area contributed by atoms with Crippen molar-refractivity contribution in [3.8, 4) is 11.3 Å². The summed E-state index contributed by atoms with van der Waals surface area (Å²) in [4.78, 5) is 4.07. The predicted molar refractivity (Wildman–Crippen MR) is 82.7 cm³/mol. The smallest absolute Gasteiger partial charge is 0.151 e. The fourth-order valence-electron chi connectivity index (χ4n) is 2.18. The van der Waals surface area contributed by atoms with Crippen LogP contribution in [0.1, 0.15) is 11.3 Å². The minimum absolute atomic E-state index is 0.282. The molecule has 2 aromatic heterocycles. The lowest BCUT2D eigenvalue weighted by atomic mass is 10.1. The number of benzene rings is 1. The lowest BCUT2D eigenvalue weighted by Gasteiger charge is -2.09. The van der Waals surface area contributed by atoms with E-state index in [2.05, 4.69) is 20.5 Å². The summed E-state index contributed by atoms with van der Waals surface area (Å²) in [5.74, 6) is 0.428. The summed E-state index contributed by atoms with van der Waals surface area (Å²) in [7, 11) is 1.94. The van der Waals surface area contributed by atoms with Crippen molar-refractivity contribution in [1.29, 1.82) is 0 Å². The standard InChI is InChI=1S/C16H16FN5/c1-11-6-15(12-4-3-5-13(17)7-12)20-21-16(11)19-9-14-8-18-10-22(14)2/h3-8,10H,9H2,1-2H3,(H,19,21). The van der Waals surface area contributed by atoms with Gasteiger partial charge in [0.15, 0.2) is 5.82 Å². The van der Waals surface area contributed by atoms with Crippen LogP contribution in [0.2, 0.25) is 0 Å². The molecular weight excluding hydrogens is 281 g/mol. The first-order valence-corrected chi connectivity index (χ1v) is 6.93. The zero-order valence-corrected chi connectivity index (χ0v) is 12.4. The van der Waals surface area contributed by atoms with Crippen LogP contribution in [0.3, 0.4) is 0 Å². The number of halogens is 1. The summed E-state index contributed by atoms with van der Waals surface area (Å²) in [6.07, 6.45) is 3.56. The topological polar surface area (TPSA) is 55.6 Å². The van der Waals surface area contributed by atoms with Crippen LogP contribution < -0.4 is 5.32 Å². The highest BCUT2D eigenvalue weighted by molar-refractivity contribution is 5.61. The number of anilines is 1. The molecule has 0 atom stereocenters. The van der Waals surface area contributed by atoms with E-state index in [0.717, 1.165) is 11.3 Å². The Morgan fingerprint density at radius 2 is 2.09 bits per heavy atom. The van der Waals surface area contributed by atoms with E-state index in [0.29, 0.717) is 23.6 Å². The molecule has 5 nitrogen and oxygen atoms in total. The van der Waals surface area contributed by atoms with Crippen LogP contribution in [0.4, 0.5) is 10.2 Å².